The summed E-state index contributed by atoms with van der Waals surface area (Å²) in [5.74, 6) is -0.780. The van der Waals surface area contributed by atoms with Crippen molar-refractivity contribution < 1.29 is 22.7 Å². The highest BCUT2D eigenvalue weighted by Gasteiger charge is 2.38. The number of hydrogen-bond acceptors (Lipinski definition) is 5. The average Bonchev–Trinajstić information content (AvgIpc) is 2.61. The smallest absolute Gasteiger partial charge is 0.156 e. The first kappa shape index (κ1) is 15.2. The lowest BCUT2D eigenvalue weighted by molar-refractivity contribution is 0.0726. The molecule has 20 heavy (non-hydrogen) atoms. The van der Waals surface area contributed by atoms with Gasteiger partial charge in [-0.15, -0.1) is 0 Å². The van der Waals surface area contributed by atoms with Crippen LogP contribution in [-0.2, 0) is 9.84 Å². The van der Waals surface area contributed by atoms with Gasteiger partial charge in [-0.1, -0.05) is 6.07 Å². The number of halogens is 1. The summed E-state index contributed by atoms with van der Waals surface area (Å²) in [6, 6.07) is 4.03. The Bertz CT molecular complexity index is 590. The van der Waals surface area contributed by atoms with Crippen molar-refractivity contribution in [1.29, 1.82) is 0 Å². The highest BCUT2D eigenvalue weighted by atomic mass is 32.2. The van der Waals surface area contributed by atoms with E-state index in [4.69, 9.17) is 4.74 Å². The number of nitrogens with one attached hydrogen (secondary N) is 1. The summed E-state index contributed by atoms with van der Waals surface area (Å²) in [4.78, 5) is 0. The molecule has 1 heterocycles. The van der Waals surface area contributed by atoms with Crippen LogP contribution in [0, 0.1) is 5.82 Å². The summed E-state index contributed by atoms with van der Waals surface area (Å²) in [5.41, 5.74) is 0.713. The highest BCUT2D eigenvalue weighted by Crippen LogP contribution is 2.29. The van der Waals surface area contributed by atoms with E-state index in [1.54, 1.807) is 13.1 Å². The largest absolute Gasteiger partial charge is 0.486 e. The molecule has 5 nitrogen and oxygen atoms in total. The minimum Gasteiger partial charge on any atom is -0.486 e. The molecule has 0 aliphatic carbocycles. The van der Waals surface area contributed by atoms with E-state index in [1.165, 1.54) is 12.1 Å². The third-order valence-corrected chi connectivity index (χ3v) is 5.11. The minimum absolute atomic E-state index is 0.0826. The second kappa shape index (κ2) is 5.67. The molecule has 112 valence electrons. The lowest BCUT2D eigenvalue weighted by Crippen LogP contribution is -2.30. The van der Waals surface area contributed by atoms with Crippen LogP contribution in [0.1, 0.15) is 18.5 Å². The van der Waals surface area contributed by atoms with Crippen molar-refractivity contribution in [2.75, 3.05) is 18.6 Å². The van der Waals surface area contributed by atoms with Gasteiger partial charge in [0, 0.05) is 17.7 Å². The monoisotopic (exact) mass is 303 g/mol. The number of hydrogen-bond donors (Lipinski definition) is 2. The normalized spacial score (nSPS) is 26.4. The van der Waals surface area contributed by atoms with Crippen molar-refractivity contribution in [3.8, 4) is 5.75 Å². The standard InChI is InChI=1S/C13H18FNO4S/c1-8(15-2)10-4-3-9(14)5-12(10)19-13-7-20(17,18)6-11(13)16/h3-5,8,11,13,15-16H,6-7H2,1-2H3. The molecule has 3 atom stereocenters. The summed E-state index contributed by atoms with van der Waals surface area (Å²) in [6.45, 7) is 1.88. The average molecular weight is 303 g/mol. The first-order valence-electron chi connectivity index (χ1n) is 6.34. The van der Waals surface area contributed by atoms with Crippen molar-refractivity contribution in [2.24, 2.45) is 0 Å². The molecular weight excluding hydrogens is 285 g/mol. The molecule has 1 fully saturated rings. The van der Waals surface area contributed by atoms with Crippen molar-refractivity contribution in [2.45, 2.75) is 25.2 Å². The summed E-state index contributed by atoms with van der Waals surface area (Å²) < 4.78 is 41.8. The molecule has 1 aliphatic heterocycles. The Kier molecular flexibility index (Phi) is 4.31. The van der Waals surface area contributed by atoms with Crippen molar-refractivity contribution in [3.05, 3.63) is 29.6 Å². The SMILES string of the molecule is CNC(C)c1ccc(F)cc1OC1CS(=O)(=O)CC1O. The zero-order chi connectivity index (χ0) is 14.9. The Balaban J connectivity index is 2.27. The number of aliphatic hydroxyl groups is 1. The number of benzene rings is 1. The van der Waals surface area contributed by atoms with Gasteiger partial charge >= 0.3 is 0 Å². The molecule has 7 heteroatoms. The number of sulfone groups is 1. The van der Waals surface area contributed by atoms with Crippen LogP contribution in [0.4, 0.5) is 4.39 Å². The lowest BCUT2D eigenvalue weighted by Gasteiger charge is -2.21. The first-order valence-corrected chi connectivity index (χ1v) is 8.16. The van der Waals surface area contributed by atoms with Crippen LogP contribution >= 0.6 is 0 Å². The predicted octanol–water partition coefficient (Wildman–Crippen LogP) is 0.643. The Morgan fingerprint density at radius 2 is 2.15 bits per heavy atom. The maximum atomic E-state index is 13.4. The molecule has 0 spiro atoms. The Hall–Kier alpha value is -1.18. The van der Waals surface area contributed by atoms with Gasteiger partial charge in [0.25, 0.3) is 0 Å². The summed E-state index contributed by atoms with van der Waals surface area (Å²) in [5, 5.41) is 12.7. The van der Waals surface area contributed by atoms with Crippen molar-refractivity contribution in [3.63, 3.8) is 0 Å². The Morgan fingerprint density at radius 1 is 1.45 bits per heavy atom. The fourth-order valence-corrected chi connectivity index (χ4v) is 3.86. The number of aliphatic hydroxyl groups excluding tert-OH is 1. The van der Waals surface area contributed by atoms with Crippen LogP contribution in [0.3, 0.4) is 0 Å². The minimum atomic E-state index is -3.30. The van der Waals surface area contributed by atoms with Crippen LogP contribution in [-0.4, -0.2) is 44.3 Å². The zero-order valence-electron chi connectivity index (χ0n) is 11.3. The number of rotatable bonds is 4. The van der Waals surface area contributed by atoms with Gasteiger partial charge in [0.15, 0.2) is 9.84 Å². The van der Waals surface area contributed by atoms with Gasteiger partial charge in [-0.3, -0.25) is 0 Å². The molecule has 0 radical (unpaired) electrons. The van der Waals surface area contributed by atoms with Gasteiger partial charge < -0.3 is 15.2 Å². The maximum absolute atomic E-state index is 13.4. The molecule has 1 saturated heterocycles. The predicted molar refractivity (Wildman–Crippen MR) is 73.0 cm³/mol. The summed E-state index contributed by atoms with van der Waals surface area (Å²) in [7, 11) is -1.54. The first-order chi connectivity index (χ1) is 9.32. The van der Waals surface area contributed by atoms with Crippen LogP contribution < -0.4 is 10.1 Å². The van der Waals surface area contributed by atoms with Gasteiger partial charge in [-0.05, 0) is 20.0 Å². The number of ether oxygens (including phenoxy) is 1. The van der Waals surface area contributed by atoms with E-state index in [1.807, 2.05) is 6.92 Å². The molecule has 3 unspecified atom stereocenters. The molecular formula is C13H18FNO4S. The fraction of sp³-hybridized carbons (Fsp3) is 0.538. The van der Waals surface area contributed by atoms with Crippen LogP contribution in [0.15, 0.2) is 18.2 Å². The second-order valence-corrected chi connectivity index (χ2v) is 7.15. The third-order valence-electron chi connectivity index (χ3n) is 3.43. The van der Waals surface area contributed by atoms with Crippen molar-refractivity contribution >= 4 is 9.84 Å². The van der Waals surface area contributed by atoms with Gasteiger partial charge in [-0.2, -0.15) is 0 Å². The molecule has 0 aromatic heterocycles. The molecule has 0 bridgehead atoms. The topological polar surface area (TPSA) is 75.6 Å². The molecule has 2 N–H and O–H groups in total. The van der Waals surface area contributed by atoms with E-state index < -0.39 is 27.9 Å². The van der Waals surface area contributed by atoms with Gasteiger partial charge in [0.05, 0.1) is 11.5 Å². The maximum Gasteiger partial charge on any atom is 0.156 e. The Labute approximate surface area is 117 Å². The fourth-order valence-electron chi connectivity index (χ4n) is 2.20. The molecule has 0 saturated carbocycles. The lowest BCUT2D eigenvalue weighted by atomic mass is 10.1. The molecule has 0 amide bonds. The quantitative estimate of drug-likeness (QED) is 0.854. The van der Waals surface area contributed by atoms with E-state index in [0.717, 1.165) is 0 Å². The second-order valence-electron chi connectivity index (χ2n) is 4.99. The van der Waals surface area contributed by atoms with E-state index in [9.17, 15) is 17.9 Å². The summed E-state index contributed by atoms with van der Waals surface area (Å²) in [6.07, 6.45) is -1.94. The van der Waals surface area contributed by atoms with Crippen LogP contribution in [0.25, 0.3) is 0 Å². The Morgan fingerprint density at radius 3 is 2.70 bits per heavy atom. The van der Waals surface area contributed by atoms with E-state index in [-0.39, 0.29) is 23.3 Å². The highest BCUT2D eigenvalue weighted by molar-refractivity contribution is 7.91. The summed E-state index contributed by atoms with van der Waals surface area (Å²) >= 11 is 0. The van der Waals surface area contributed by atoms with E-state index in [2.05, 4.69) is 5.32 Å². The molecule has 1 aliphatic rings. The van der Waals surface area contributed by atoms with Crippen LogP contribution in [0.5, 0.6) is 5.75 Å². The van der Waals surface area contributed by atoms with E-state index in [0.29, 0.717) is 5.56 Å². The van der Waals surface area contributed by atoms with Gasteiger partial charge in [-0.25, -0.2) is 12.8 Å². The molecule has 1 aromatic carbocycles. The van der Waals surface area contributed by atoms with E-state index >= 15 is 0 Å². The van der Waals surface area contributed by atoms with Gasteiger partial charge in [0.1, 0.15) is 23.8 Å². The van der Waals surface area contributed by atoms with Gasteiger partial charge in [0.2, 0.25) is 0 Å². The third kappa shape index (κ3) is 3.28. The van der Waals surface area contributed by atoms with Crippen molar-refractivity contribution in [1.82, 2.24) is 5.32 Å². The molecule has 2 rings (SSSR count). The van der Waals surface area contributed by atoms with Crippen LogP contribution in [0.2, 0.25) is 0 Å². The molecule has 1 aromatic rings. The zero-order valence-corrected chi connectivity index (χ0v) is 12.2.